The van der Waals surface area contributed by atoms with Gasteiger partial charge in [-0.25, -0.2) is 4.79 Å². The van der Waals surface area contributed by atoms with E-state index in [0.717, 1.165) is 14.6 Å². The van der Waals surface area contributed by atoms with Crippen molar-refractivity contribution in [2.75, 3.05) is 7.11 Å². The van der Waals surface area contributed by atoms with Crippen LogP contribution < -0.4 is 0 Å². The number of nitrogens with zero attached hydrogens (tertiary/aromatic N) is 1. The molecule has 0 radical (unpaired) electrons. The number of halogens is 1. The molecule has 0 aliphatic carbocycles. The molecule has 72 valence electrons. The second kappa shape index (κ2) is 3.67. The Morgan fingerprint density at radius 2 is 2.36 bits per heavy atom. The molecule has 0 bridgehead atoms. The van der Waals surface area contributed by atoms with E-state index in [1.54, 1.807) is 0 Å². The van der Waals surface area contributed by atoms with Crippen LogP contribution in [0, 0.1) is 0 Å². The third kappa shape index (κ3) is 1.42. The molecule has 0 unspecified atom stereocenters. The van der Waals surface area contributed by atoms with Gasteiger partial charge in [-0.2, -0.15) is 4.37 Å². The summed E-state index contributed by atoms with van der Waals surface area (Å²) < 4.78 is 10.6. The van der Waals surface area contributed by atoms with Crippen LogP contribution in [0.5, 0.6) is 0 Å². The highest BCUT2D eigenvalue weighted by atomic mass is 79.9. The Hall–Kier alpha value is -0.940. The molecule has 1 aromatic heterocycles. The van der Waals surface area contributed by atoms with Crippen LogP contribution in [-0.2, 0) is 4.74 Å². The highest BCUT2D eigenvalue weighted by molar-refractivity contribution is 9.10. The van der Waals surface area contributed by atoms with Gasteiger partial charge in [0, 0.05) is 9.86 Å². The highest BCUT2D eigenvalue weighted by Gasteiger charge is 2.15. The van der Waals surface area contributed by atoms with Crippen LogP contribution in [0.3, 0.4) is 0 Å². The van der Waals surface area contributed by atoms with E-state index in [9.17, 15) is 4.79 Å². The molecule has 0 saturated heterocycles. The molecule has 0 aliphatic heterocycles. The molecule has 2 rings (SSSR count). The number of esters is 1. The number of methoxy groups -OCH3 is 1. The minimum absolute atomic E-state index is 0.383. The maximum absolute atomic E-state index is 11.3. The topological polar surface area (TPSA) is 39.2 Å². The van der Waals surface area contributed by atoms with Gasteiger partial charge in [-0.15, -0.1) is 0 Å². The summed E-state index contributed by atoms with van der Waals surface area (Å²) in [5.74, 6) is -0.394. The summed E-state index contributed by atoms with van der Waals surface area (Å²) in [4.78, 5) is 11.3. The van der Waals surface area contributed by atoms with E-state index in [1.807, 2.05) is 18.2 Å². The predicted molar refractivity (Wildman–Crippen MR) is 58.7 cm³/mol. The van der Waals surface area contributed by atoms with Gasteiger partial charge in [-0.1, -0.05) is 12.1 Å². The van der Waals surface area contributed by atoms with Gasteiger partial charge in [0.15, 0.2) is 5.69 Å². The fourth-order valence-corrected chi connectivity index (χ4v) is 2.53. The average molecular weight is 272 g/mol. The summed E-state index contributed by atoms with van der Waals surface area (Å²) in [6.07, 6.45) is 0. The van der Waals surface area contributed by atoms with Crippen molar-refractivity contribution in [2.24, 2.45) is 0 Å². The molecular weight excluding hydrogens is 266 g/mol. The monoisotopic (exact) mass is 271 g/mol. The van der Waals surface area contributed by atoms with E-state index in [1.165, 1.54) is 18.6 Å². The fourth-order valence-electron chi connectivity index (χ4n) is 1.17. The molecule has 0 N–H and O–H groups in total. The zero-order valence-corrected chi connectivity index (χ0v) is 9.68. The normalized spacial score (nSPS) is 10.4. The lowest BCUT2D eigenvalue weighted by Gasteiger charge is -1.95. The number of fused-ring (bicyclic) bond motifs is 1. The number of aromatic nitrogens is 1. The van der Waals surface area contributed by atoms with Crippen molar-refractivity contribution in [1.82, 2.24) is 4.37 Å². The highest BCUT2D eigenvalue weighted by Crippen LogP contribution is 2.29. The summed E-state index contributed by atoms with van der Waals surface area (Å²) in [6, 6.07) is 5.64. The maximum atomic E-state index is 11.3. The molecule has 1 heterocycles. The van der Waals surface area contributed by atoms with Crippen LogP contribution in [0.15, 0.2) is 22.7 Å². The number of benzene rings is 1. The van der Waals surface area contributed by atoms with Gasteiger partial charge >= 0.3 is 5.97 Å². The van der Waals surface area contributed by atoms with Crippen molar-refractivity contribution in [3.63, 3.8) is 0 Å². The maximum Gasteiger partial charge on any atom is 0.358 e. The largest absolute Gasteiger partial charge is 0.464 e. The van der Waals surface area contributed by atoms with Gasteiger partial charge in [-0.05, 0) is 33.5 Å². The first-order valence-corrected chi connectivity index (χ1v) is 5.43. The molecule has 1 aromatic carbocycles. The lowest BCUT2D eigenvalue weighted by molar-refractivity contribution is 0.0598. The second-order valence-corrected chi connectivity index (χ2v) is 4.27. The number of rotatable bonds is 1. The van der Waals surface area contributed by atoms with Crippen LogP contribution in [-0.4, -0.2) is 17.5 Å². The van der Waals surface area contributed by atoms with Crippen molar-refractivity contribution >= 4 is 43.5 Å². The van der Waals surface area contributed by atoms with Crippen molar-refractivity contribution in [1.29, 1.82) is 0 Å². The Morgan fingerprint density at radius 1 is 1.57 bits per heavy atom. The third-order valence-corrected chi connectivity index (χ3v) is 3.65. The van der Waals surface area contributed by atoms with E-state index >= 15 is 0 Å². The Morgan fingerprint density at radius 3 is 3.07 bits per heavy atom. The quantitative estimate of drug-likeness (QED) is 0.749. The van der Waals surface area contributed by atoms with Crippen LogP contribution in [0.1, 0.15) is 10.5 Å². The number of carbonyl (C=O) groups is 1. The minimum atomic E-state index is -0.394. The lowest BCUT2D eigenvalue weighted by atomic mass is 10.2. The Labute approximate surface area is 93.0 Å². The van der Waals surface area contributed by atoms with Crippen LogP contribution in [0.25, 0.3) is 10.1 Å². The van der Waals surface area contributed by atoms with Crippen LogP contribution >= 0.6 is 27.5 Å². The molecular formula is C9H6BrNO2S. The van der Waals surface area contributed by atoms with Gasteiger partial charge in [-0.3, -0.25) is 0 Å². The van der Waals surface area contributed by atoms with Crippen LogP contribution in [0.2, 0.25) is 0 Å². The van der Waals surface area contributed by atoms with Gasteiger partial charge in [0.05, 0.1) is 11.8 Å². The third-order valence-electron chi connectivity index (χ3n) is 1.83. The molecule has 2 aromatic rings. The smallest absolute Gasteiger partial charge is 0.358 e. The van der Waals surface area contributed by atoms with Gasteiger partial charge in [0.2, 0.25) is 0 Å². The summed E-state index contributed by atoms with van der Waals surface area (Å²) >= 11 is 4.69. The number of ether oxygens (including phenoxy) is 1. The van der Waals surface area contributed by atoms with E-state index < -0.39 is 5.97 Å². The summed E-state index contributed by atoms with van der Waals surface area (Å²) in [5, 5.41) is 0.830. The first-order valence-electron chi connectivity index (χ1n) is 3.86. The Balaban J connectivity index is 2.70. The second-order valence-electron chi connectivity index (χ2n) is 2.64. The average Bonchev–Trinajstić information content (AvgIpc) is 2.62. The zero-order chi connectivity index (χ0) is 10.1. The van der Waals surface area contributed by atoms with Crippen LogP contribution in [0.4, 0.5) is 0 Å². The molecule has 0 fully saturated rings. The molecule has 0 saturated carbocycles. The number of carbonyl (C=O) groups excluding carboxylic acids is 1. The molecule has 0 spiro atoms. The number of hydrogen-bond acceptors (Lipinski definition) is 4. The van der Waals surface area contributed by atoms with E-state index in [-0.39, 0.29) is 0 Å². The summed E-state index contributed by atoms with van der Waals surface area (Å²) in [5.41, 5.74) is 0.383. The predicted octanol–water partition coefficient (Wildman–Crippen LogP) is 2.85. The summed E-state index contributed by atoms with van der Waals surface area (Å²) in [7, 11) is 1.35. The van der Waals surface area contributed by atoms with E-state index in [0.29, 0.717) is 5.69 Å². The van der Waals surface area contributed by atoms with Gasteiger partial charge < -0.3 is 4.74 Å². The van der Waals surface area contributed by atoms with Gasteiger partial charge in [0.1, 0.15) is 0 Å². The molecule has 0 atom stereocenters. The van der Waals surface area contributed by atoms with Gasteiger partial charge in [0.25, 0.3) is 0 Å². The SMILES string of the molecule is COC(=O)c1nsc2c(Br)cccc12. The molecule has 14 heavy (non-hydrogen) atoms. The first-order chi connectivity index (χ1) is 6.74. The molecule has 3 nitrogen and oxygen atoms in total. The molecule has 0 aliphatic rings. The Kier molecular flexibility index (Phi) is 2.52. The lowest BCUT2D eigenvalue weighted by Crippen LogP contribution is -2.01. The van der Waals surface area contributed by atoms with E-state index in [2.05, 4.69) is 25.0 Å². The van der Waals surface area contributed by atoms with Crippen molar-refractivity contribution in [2.45, 2.75) is 0 Å². The van der Waals surface area contributed by atoms with Crippen molar-refractivity contribution < 1.29 is 9.53 Å². The zero-order valence-electron chi connectivity index (χ0n) is 7.28. The Bertz CT molecular complexity index is 495. The minimum Gasteiger partial charge on any atom is -0.464 e. The number of hydrogen-bond donors (Lipinski definition) is 0. The first kappa shape index (κ1) is 9.61. The van der Waals surface area contributed by atoms with E-state index in [4.69, 9.17) is 0 Å². The molecule has 0 amide bonds. The molecule has 5 heteroatoms. The standard InChI is InChI=1S/C9H6BrNO2S/c1-13-9(12)7-5-3-2-4-6(10)8(5)14-11-7/h2-4H,1H3. The fraction of sp³-hybridized carbons (Fsp3) is 0.111. The van der Waals surface area contributed by atoms with Crippen molar-refractivity contribution in [3.8, 4) is 0 Å². The van der Waals surface area contributed by atoms with Crippen molar-refractivity contribution in [3.05, 3.63) is 28.4 Å². The summed E-state index contributed by atoms with van der Waals surface area (Å²) in [6.45, 7) is 0.